The van der Waals surface area contributed by atoms with E-state index in [2.05, 4.69) is 66.2 Å². The zero-order valence-corrected chi connectivity index (χ0v) is 15.5. The van der Waals surface area contributed by atoms with E-state index in [-0.39, 0.29) is 0 Å². The second-order valence-electron chi connectivity index (χ2n) is 6.55. The molecule has 2 aromatic heterocycles. The zero-order valence-electron chi connectivity index (χ0n) is 15.5. The predicted octanol–water partition coefficient (Wildman–Crippen LogP) is 2.35. The summed E-state index contributed by atoms with van der Waals surface area (Å²) in [5.74, 6) is 2.11. The van der Waals surface area contributed by atoms with Gasteiger partial charge in [-0.15, -0.1) is 5.10 Å². The maximum atomic E-state index is 4.66. The van der Waals surface area contributed by atoms with Crippen LogP contribution in [0, 0.1) is 13.8 Å². The Labute approximate surface area is 158 Å². The quantitative estimate of drug-likeness (QED) is 0.757. The number of benzene rings is 1. The van der Waals surface area contributed by atoms with Crippen molar-refractivity contribution in [2.75, 3.05) is 41.3 Å². The second kappa shape index (κ2) is 7.53. The Kier molecular flexibility index (Phi) is 4.78. The van der Waals surface area contributed by atoms with Crippen molar-refractivity contribution in [1.29, 1.82) is 0 Å². The number of para-hydroxylation sites is 1. The summed E-state index contributed by atoms with van der Waals surface area (Å²) in [6.07, 6.45) is 5.26. The molecule has 8 heteroatoms. The molecule has 138 valence electrons. The van der Waals surface area contributed by atoms with Gasteiger partial charge in [-0.2, -0.15) is 10.1 Å². The van der Waals surface area contributed by atoms with Crippen molar-refractivity contribution in [3.63, 3.8) is 0 Å². The third kappa shape index (κ3) is 3.79. The number of hydrogen-bond donors (Lipinski definition) is 1. The first kappa shape index (κ1) is 17.1. The van der Waals surface area contributed by atoms with Crippen LogP contribution in [0.2, 0.25) is 0 Å². The molecule has 0 bridgehead atoms. The number of nitrogens with one attached hydrogen (secondary N) is 1. The molecule has 0 amide bonds. The van der Waals surface area contributed by atoms with Crippen molar-refractivity contribution in [1.82, 2.24) is 25.1 Å². The average Bonchev–Trinajstić information content (AvgIpc) is 2.72. The molecule has 3 heterocycles. The maximum absolute atomic E-state index is 4.66. The van der Waals surface area contributed by atoms with Gasteiger partial charge in [-0.05, 0) is 31.0 Å². The molecule has 0 radical (unpaired) electrons. The highest BCUT2D eigenvalue weighted by Gasteiger charge is 2.20. The molecule has 4 rings (SSSR count). The molecule has 0 saturated carbocycles. The highest BCUT2D eigenvalue weighted by atomic mass is 15.4. The lowest BCUT2D eigenvalue weighted by atomic mass is 10.1. The topological polar surface area (TPSA) is 83.0 Å². The van der Waals surface area contributed by atoms with Gasteiger partial charge in [0, 0.05) is 44.3 Å². The van der Waals surface area contributed by atoms with Crippen LogP contribution < -0.4 is 15.1 Å². The van der Waals surface area contributed by atoms with Gasteiger partial charge in [0.25, 0.3) is 0 Å². The minimum absolute atomic E-state index is 0.513. The molecular weight excluding hydrogens is 340 g/mol. The number of rotatable bonds is 4. The summed E-state index contributed by atoms with van der Waals surface area (Å²) >= 11 is 0. The molecule has 1 saturated heterocycles. The summed E-state index contributed by atoms with van der Waals surface area (Å²) in [6.45, 7) is 7.48. The average molecular weight is 362 g/mol. The van der Waals surface area contributed by atoms with Gasteiger partial charge in [-0.25, -0.2) is 9.97 Å². The molecule has 0 aliphatic carbocycles. The van der Waals surface area contributed by atoms with Crippen LogP contribution in [0.25, 0.3) is 0 Å². The van der Waals surface area contributed by atoms with Crippen molar-refractivity contribution < 1.29 is 0 Å². The normalized spacial score (nSPS) is 14.3. The summed E-state index contributed by atoms with van der Waals surface area (Å²) in [6, 6.07) is 8.01. The van der Waals surface area contributed by atoms with Crippen LogP contribution in [0.5, 0.6) is 0 Å². The molecule has 0 unspecified atom stereocenters. The van der Waals surface area contributed by atoms with Gasteiger partial charge < -0.3 is 15.1 Å². The van der Waals surface area contributed by atoms with Gasteiger partial charge in [0.15, 0.2) is 5.82 Å². The minimum Gasteiger partial charge on any atom is -0.352 e. The van der Waals surface area contributed by atoms with Crippen LogP contribution in [0.3, 0.4) is 0 Å². The van der Waals surface area contributed by atoms with Crippen LogP contribution in [0.1, 0.15) is 11.1 Å². The van der Waals surface area contributed by atoms with Crippen molar-refractivity contribution in [2.24, 2.45) is 0 Å². The van der Waals surface area contributed by atoms with Gasteiger partial charge in [-0.3, -0.25) is 0 Å². The molecule has 0 atom stereocenters. The molecule has 1 aliphatic heterocycles. The van der Waals surface area contributed by atoms with Gasteiger partial charge in [0.1, 0.15) is 0 Å². The Morgan fingerprint density at radius 3 is 2.26 bits per heavy atom. The van der Waals surface area contributed by atoms with Gasteiger partial charge in [-0.1, -0.05) is 18.2 Å². The summed E-state index contributed by atoms with van der Waals surface area (Å²) in [4.78, 5) is 17.7. The Hall–Kier alpha value is -3.29. The van der Waals surface area contributed by atoms with Crippen LogP contribution in [-0.4, -0.2) is 51.3 Å². The van der Waals surface area contributed by atoms with Crippen LogP contribution in [-0.2, 0) is 0 Å². The molecule has 1 aromatic carbocycles. The van der Waals surface area contributed by atoms with E-state index in [0.717, 1.165) is 54.8 Å². The molecule has 1 aliphatic rings. The molecule has 0 spiro atoms. The van der Waals surface area contributed by atoms with Crippen molar-refractivity contribution >= 4 is 23.4 Å². The summed E-state index contributed by atoms with van der Waals surface area (Å²) in [7, 11) is 0. The van der Waals surface area contributed by atoms with E-state index in [0.29, 0.717) is 5.95 Å². The van der Waals surface area contributed by atoms with Crippen LogP contribution in [0.4, 0.5) is 23.4 Å². The largest absolute Gasteiger partial charge is 0.352 e. The molecule has 8 nitrogen and oxygen atoms in total. The Bertz CT molecular complexity index is 886. The number of piperazine rings is 1. The summed E-state index contributed by atoms with van der Waals surface area (Å²) < 4.78 is 0. The Morgan fingerprint density at radius 2 is 1.56 bits per heavy atom. The van der Waals surface area contributed by atoms with E-state index in [1.807, 2.05) is 12.1 Å². The number of hydrogen-bond acceptors (Lipinski definition) is 8. The third-order valence-electron chi connectivity index (χ3n) is 4.70. The van der Waals surface area contributed by atoms with E-state index in [4.69, 9.17) is 0 Å². The van der Waals surface area contributed by atoms with E-state index >= 15 is 0 Å². The van der Waals surface area contributed by atoms with Crippen molar-refractivity contribution in [3.05, 3.63) is 54.0 Å². The van der Waals surface area contributed by atoms with Gasteiger partial charge in [0.05, 0.1) is 6.20 Å². The molecular formula is C19H22N8. The van der Waals surface area contributed by atoms with Crippen molar-refractivity contribution in [2.45, 2.75) is 13.8 Å². The van der Waals surface area contributed by atoms with Crippen molar-refractivity contribution in [3.8, 4) is 0 Å². The smallest absolute Gasteiger partial charge is 0.249 e. The third-order valence-corrected chi connectivity index (χ3v) is 4.70. The first-order chi connectivity index (χ1) is 13.2. The Morgan fingerprint density at radius 1 is 0.889 bits per heavy atom. The fourth-order valence-electron chi connectivity index (χ4n) is 3.21. The van der Waals surface area contributed by atoms with E-state index in [1.165, 1.54) is 0 Å². The number of anilines is 4. The molecule has 27 heavy (non-hydrogen) atoms. The standard InChI is InChI=1S/C19H22N8/c1-14-5-3-6-15(2)17(14)24-18-23-16(13-22-25-18)26-9-11-27(12-10-26)19-20-7-4-8-21-19/h3-8,13H,9-12H2,1-2H3,(H,23,24,25). The fraction of sp³-hybridized carbons (Fsp3) is 0.316. The zero-order chi connectivity index (χ0) is 18.6. The van der Waals surface area contributed by atoms with Crippen LogP contribution >= 0.6 is 0 Å². The molecule has 1 fully saturated rings. The number of aryl methyl sites for hydroxylation is 2. The maximum Gasteiger partial charge on any atom is 0.249 e. The van der Waals surface area contributed by atoms with E-state index in [9.17, 15) is 0 Å². The van der Waals surface area contributed by atoms with Gasteiger partial charge in [0.2, 0.25) is 11.9 Å². The number of aromatic nitrogens is 5. The Balaban J connectivity index is 1.46. The second-order valence-corrected chi connectivity index (χ2v) is 6.55. The first-order valence-corrected chi connectivity index (χ1v) is 9.00. The minimum atomic E-state index is 0.513. The first-order valence-electron chi connectivity index (χ1n) is 9.00. The molecule has 3 aromatic rings. The summed E-state index contributed by atoms with van der Waals surface area (Å²) in [5.41, 5.74) is 3.34. The number of nitrogens with zero attached hydrogens (tertiary/aromatic N) is 7. The highest BCUT2D eigenvalue weighted by molar-refractivity contribution is 5.63. The fourth-order valence-corrected chi connectivity index (χ4v) is 3.21. The van der Waals surface area contributed by atoms with Crippen LogP contribution in [0.15, 0.2) is 42.9 Å². The highest BCUT2D eigenvalue weighted by Crippen LogP contribution is 2.23. The van der Waals surface area contributed by atoms with Gasteiger partial charge >= 0.3 is 0 Å². The lowest BCUT2D eigenvalue weighted by Gasteiger charge is -2.35. The SMILES string of the molecule is Cc1cccc(C)c1Nc1nncc(N2CCN(c3ncccn3)CC2)n1. The van der Waals surface area contributed by atoms with E-state index in [1.54, 1.807) is 18.6 Å². The predicted molar refractivity (Wildman–Crippen MR) is 105 cm³/mol. The van der Waals surface area contributed by atoms with E-state index < -0.39 is 0 Å². The molecule has 1 N–H and O–H groups in total. The monoisotopic (exact) mass is 362 g/mol. The lowest BCUT2D eigenvalue weighted by Crippen LogP contribution is -2.47. The summed E-state index contributed by atoms with van der Waals surface area (Å²) in [5, 5.41) is 11.6. The lowest BCUT2D eigenvalue weighted by molar-refractivity contribution is 0.632.